The molecule has 4 nitrogen and oxygen atoms in total. The molecule has 0 aliphatic heterocycles. The molecule has 0 aliphatic rings. The molecular weight excluding hydrogens is 404 g/mol. The molecule has 0 unspecified atom stereocenters. The van der Waals surface area contributed by atoms with Crippen molar-refractivity contribution in [1.29, 1.82) is 0 Å². The number of nitrogens with two attached hydrogens (primary N) is 1. The largest absolute Gasteiger partial charge is 0.365 e. The number of nitrogens with one attached hydrogen (secondary N) is 1. The summed E-state index contributed by atoms with van der Waals surface area (Å²) in [6.07, 6.45) is 0. The highest BCUT2D eigenvalue weighted by Gasteiger charge is 2.27. The molecule has 0 spiro atoms. The number of primary amides is 1. The second kappa shape index (κ2) is 8.98. The van der Waals surface area contributed by atoms with E-state index in [0.717, 1.165) is 27.1 Å². The molecular formula is C26H22N2O2S. The molecule has 0 saturated heterocycles. The number of amides is 2. The topological polar surface area (TPSA) is 72.2 Å². The second-order valence-corrected chi connectivity index (χ2v) is 8.44. The van der Waals surface area contributed by atoms with Gasteiger partial charge < -0.3 is 11.1 Å². The minimum atomic E-state index is -0.561. The van der Waals surface area contributed by atoms with Crippen LogP contribution in [0.25, 0.3) is 11.1 Å². The zero-order valence-corrected chi connectivity index (χ0v) is 17.9. The third kappa shape index (κ3) is 4.27. The smallest absolute Gasteiger partial charge is 0.252 e. The van der Waals surface area contributed by atoms with Crippen LogP contribution in [0.5, 0.6) is 0 Å². The molecule has 0 radical (unpaired) electrons. The summed E-state index contributed by atoms with van der Waals surface area (Å²) in [5.41, 5.74) is 9.53. The van der Waals surface area contributed by atoms with Gasteiger partial charge in [0, 0.05) is 10.4 Å². The van der Waals surface area contributed by atoms with Crippen LogP contribution in [0.3, 0.4) is 0 Å². The van der Waals surface area contributed by atoms with E-state index in [-0.39, 0.29) is 5.91 Å². The molecule has 4 rings (SSSR count). The number of rotatable bonds is 6. The van der Waals surface area contributed by atoms with Crippen molar-refractivity contribution in [2.24, 2.45) is 5.73 Å². The summed E-state index contributed by atoms with van der Waals surface area (Å²) in [6, 6.07) is 28.8. The van der Waals surface area contributed by atoms with E-state index in [9.17, 15) is 9.59 Å². The van der Waals surface area contributed by atoms with Crippen molar-refractivity contribution in [2.75, 3.05) is 5.32 Å². The predicted molar refractivity (Wildman–Crippen MR) is 126 cm³/mol. The molecule has 0 atom stereocenters. The number of carbonyl (C=O) groups excluding carboxylic acids is 2. The summed E-state index contributed by atoms with van der Waals surface area (Å²) < 4.78 is 0. The van der Waals surface area contributed by atoms with Crippen LogP contribution < -0.4 is 11.1 Å². The number of carbonyl (C=O) groups is 2. The van der Waals surface area contributed by atoms with Gasteiger partial charge in [-0.05, 0) is 23.6 Å². The predicted octanol–water partition coefficient (Wildman–Crippen LogP) is 5.59. The van der Waals surface area contributed by atoms with E-state index in [1.165, 1.54) is 11.3 Å². The van der Waals surface area contributed by atoms with Crippen molar-refractivity contribution in [3.05, 3.63) is 113 Å². The molecule has 0 bridgehead atoms. The molecule has 1 aromatic heterocycles. The number of hydrogen-bond donors (Lipinski definition) is 2. The van der Waals surface area contributed by atoms with Gasteiger partial charge in [0.1, 0.15) is 5.00 Å². The molecule has 4 aromatic rings. The van der Waals surface area contributed by atoms with E-state index >= 15 is 0 Å². The summed E-state index contributed by atoms with van der Waals surface area (Å²) >= 11 is 1.37. The van der Waals surface area contributed by atoms with E-state index in [1.54, 1.807) is 0 Å². The summed E-state index contributed by atoms with van der Waals surface area (Å²) in [5.74, 6) is -1.28. The summed E-state index contributed by atoms with van der Waals surface area (Å²) in [4.78, 5) is 26.8. The molecule has 0 saturated carbocycles. The third-order valence-electron chi connectivity index (χ3n) is 5.16. The van der Waals surface area contributed by atoms with E-state index in [2.05, 4.69) is 5.32 Å². The Kier molecular flexibility index (Phi) is 5.96. The molecule has 154 valence electrons. The summed E-state index contributed by atoms with van der Waals surface area (Å²) in [5, 5.41) is 3.48. The number of anilines is 1. The van der Waals surface area contributed by atoms with Gasteiger partial charge >= 0.3 is 0 Å². The fourth-order valence-corrected chi connectivity index (χ4v) is 4.87. The zero-order valence-electron chi connectivity index (χ0n) is 17.0. The van der Waals surface area contributed by atoms with E-state index in [1.807, 2.05) is 97.9 Å². The van der Waals surface area contributed by atoms with Crippen LogP contribution in [0.1, 0.15) is 32.3 Å². The van der Waals surface area contributed by atoms with Crippen molar-refractivity contribution in [1.82, 2.24) is 0 Å². The maximum atomic E-state index is 13.5. The van der Waals surface area contributed by atoms with Crippen LogP contribution in [-0.4, -0.2) is 11.8 Å². The van der Waals surface area contributed by atoms with Crippen LogP contribution in [0.2, 0.25) is 0 Å². The Bertz CT molecular complexity index is 1160. The van der Waals surface area contributed by atoms with Gasteiger partial charge in [-0.15, -0.1) is 11.3 Å². The van der Waals surface area contributed by atoms with Gasteiger partial charge in [0.25, 0.3) is 5.91 Å². The SMILES string of the molecule is Cc1sc(NC(=O)C(c2ccccc2)c2ccccc2)c(C(N)=O)c1-c1ccccc1. The van der Waals surface area contributed by atoms with E-state index in [0.29, 0.717) is 10.6 Å². The normalized spacial score (nSPS) is 10.8. The van der Waals surface area contributed by atoms with Gasteiger partial charge in [0.15, 0.2) is 0 Å². The Morgan fingerprint density at radius 1 is 0.806 bits per heavy atom. The Hall–Kier alpha value is -3.70. The van der Waals surface area contributed by atoms with Crippen LogP contribution in [0.4, 0.5) is 5.00 Å². The fraction of sp³-hybridized carbons (Fsp3) is 0.0769. The molecule has 0 aliphatic carbocycles. The Balaban J connectivity index is 1.76. The molecule has 2 amide bonds. The minimum Gasteiger partial charge on any atom is -0.365 e. The highest BCUT2D eigenvalue weighted by Crippen LogP contribution is 2.40. The van der Waals surface area contributed by atoms with Crippen LogP contribution in [0.15, 0.2) is 91.0 Å². The van der Waals surface area contributed by atoms with Crippen molar-refractivity contribution in [3.63, 3.8) is 0 Å². The molecule has 31 heavy (non-hydrogen) atoms. The minimum absolute atomic E-state index is 0.208. The first kappa shape index (κ1) is 20.6. The Labute approximate surface area is 185 Å². The first-order valence-corrected chi connectivity index (χ1v) is 10.8. The maximum absolute atomic E-state index is 13.5. The van der Waals surface area contributed by atoms with E-state index < -0.39 is 11.8 Å². The van der Waals surface area contributed by atoms with Gasteiger partial charge in [0.2, 0.25) is 5.91 Å². The first-order chi connectivity index (χ1) is 15.1. The van der Waals surface area contributed by atoms with Gasteiger partial charge in [-0.1, -0.05) is 91.0 Å². The van der Waals surface area contributed by atoms with Gasteiger partial charge in [-0.3, -0.25) is 9.59 Å². The molecule has 0 fully saturated rings. The molecule has 3 aromatic carbocycles. The van der Waals surface area contributed by atoms with Crippen LogP contribution in [-0.2, 0) is 4.79 Å². The average molecular weight is 427 g/mol. The first-order valence-electron chi connectivity index (χ1n) is 9.95. The lowest BCUT2D eigenvalue weighted by atomic mass is 9.90. The molecule has 3 N–H and O–H groups in total. The van der Waals surface area contributed by atoms with Crippen molar-refractivity contribution in [3.8, 4) is 11.1 Å². The molecule has 5 heteroatoms. The van der Waals surface area contributed by atoms with Gasteiger partial charge in [-0.25, -0.2) is 0 Å². The maximum Gasteiger partial charge on any atom is 0.252 e. The summed E-state index contributed by atoms with van der Waals surface area (Å²) in [7, 11) is 0. The van der Waals surface area contributed by atoms with Crippen LogP contribution in [0, 0.1) is 6.92 Å². The number of aryl methyl sites for hydroxylation is 1. The second-order valence-electron chi connectivity index (χ2n) is 7.21. The average Bonchev–Trinajstić information content (AvgIpc) is 3.11. The summed E-state index contributed by atoms with van der Waals surface area (Å²) in [6.45, 7) is 1.93. The van der Waals surface area contributed by atoms with Gasteiger partial charge in [0.05, 0.1) is 11.5 Å². The number of hydrogen-bond acceptors (Lipinski definition) is 3. The van der Waals surface area contributed by atoms with Crippen molar-refractivity contribution < 1.29 is 9.59 Å². The number of benzene rings is 3. The molecule has 1 heterocycles. The standard InChI is InChI=1S/C26H22N2O2S/c1-17-21(18-11-5-2-6-12-18)23(24(27)29)26(31-17)28-25(30)22(19-13-7-3-8-14-19)20-15-9-4-10-16-20/h2-16,22H,1H3,(H2,27,29)(H,28,30). The number of thiophene rings is 1. The van der Waals surface area contributed by atoms with E-state index in [4.69, 9.17) is 5.73 Å². The highest BCUT2D eigenvalue weighted by atomic mass is 32.1. The monoisotopic (exact) mass is 426 g/mol. The van der Waals surface area contributed by atoms with Crippen molar-refractivity contribution >= 4 is 28.2 Å². The third-order valence-corrected chi connectivity index (χ3v) is 6.18. The lowest BCUT2D eigenvalue weighted by molar-refractivity contribution is -0.116. The zero-order chi connectivity index (χ0) is 21.8. The van der Waals surface area contributed by atoms with Crippen LogP contribution >= 0.6 is 11.3 Å². The van der Waals surface area contributed by atoms with Crippen molar-refractivity contribution in [2.45, 2.75) is 12.8 Å². The lowest BCUT2D eigenvalue weighted by Crippen LogP contribution is -2.23. The van der Waals surface area contributed by atoms with Gasteiger partial charge in [-0.2, -0.15) is 0 Å². The quantitative estimate of drug-likeness (QED) is 0.422. The Morgan fingerprint density at radius 2 is 1.29 bits per heavy atom. The Morgan fingerprint density at radius 3 is 1.77 bits per heavy atom. The fourth-order valence-electron chi connectivity index (χ4n) is 3.79. The highest BCUT2D eigenvalue weighted by molar-refractivity contribution is 7.17. The lowest BCUT2D eigenvalue weighted by Gasteiger charge is -2.18.